The summed E-state index contributed by atoms with van der Waals surface area (Å²) in [6.45, 7) is 4.86. The summed E-state index contributed by atoms with van der Waals surface area (Å²) in [5, 5.41) is 16.6. The van der Waals surface area contributed by atoms with Gasteiger partial charge in [-0.2, -0.15) is 0 Å². The largest absolute Gasteiger partial charge is 0.396 e. The molecule has 0 aromatic carbocycles. The van der Waals surface area contributed by atoms with Crippen molar-refractivity contribution in [2.24, 2.45) is 11.7 Å². The van der Waals surface area contributed by atoms with Crippen LogP contribution in [0.2, 0.25) is 0 Å². The van der Waals surface area contributed by atoms with Crippen LogP contribution >= 0.6 is 0 Å². The van der Waals surface area contributed by atoms with Gasteiger partial charge in [0.1, 0.15) is 0 Å². The average molecular weight is 240 g/mol. The Hall–Kier alpha value is -1.43. The van der Waals surface area contributed by atoms with Gasteiger partial charge in [-0.05, 0) is 18.8 Å². The Morgan fingerprint density at radius 2 is 2.29 bits per heavy atom. The van der Waals surface area contributed by atoms with Gasteiger partial charge in [0.15, 0.2) is 5.69 Å². The van der Waals surface area contributed by atoms with E-state index in [9.17, 15) is 4.79 Å². The first kappa shape index (κ1) is 13.6. The van der Waals surface area contributed by atoms with Crippen molar-refractivity contribution < 1.29 is 9.90 Å². The highest BCUT2D eigenvalue weighted by atomic mass is 16.3. The van der Waals surface area contributed by atoms with E-state index in [0.717, 1.165) is 18.5 Å². The van der Waals surface area contributed by atoms with E-state index in [4.69, 9.17) is 10.8 Å². The Kier molecular flexibility index (Phi) is 5.09. The minimum Gasteiger partial charge on any atom is -0.396 e. The first-order valence-electron chi connectivity index (χ1n) is 5.93. The first-order chi connectivity index (χ1) is 8.10. The molecule has 0 bridgehead atoms. The summed E-state index contributed by atoms with van der Waals surface area (Å²) in [6, 6.07) is 0. The van der Waals surface area contributed by atoms with Crippen LogP contribution in [-0.2, 0) is 13.0 Å². The molecule has 96 valence electrons. The van der Waals surface area contributed by atoms with Crippen LogP contribution in [0.4, 0.5) is 0 Å². The lowest BCUT2D eigenvalue weighted by molar-refractivity contribution is 0.0994. The van der Waals surface area contributed by atoms with Gasteiger partial charge >= 0.3 is 0 Å². The number of nitrogens with two attached hydrogens (primary N) is 1. The minimum absolute atomic E-state index is 0.154. The van der Waals surface area contributed by atoms with Crippen molar-refractivity contribution in [3.63, 3.8) is 0 Å². The molecule has 0 saturated carbocycles. The third-order valence-corrected chi connectivity index (χ3v) is 2.66. The van der Waals surface area contributed by atoms with Gasteiger partial charge in [0, 0.05) is 13.2 Å². The molecule has 1 atom stereocenters. The van der Waals surface area contributed by atoms with Crippen LogP contribution in [0.1, 0.15) is 42.9 Å². The Labute approximate surface area is 101 Å². The van der Waals surface area contributed by atoms with Crippen molar-refractivity contribution in [2.45, 2.75) is 39.7 Å². The Balaban J connectivity index is 2.87. The fourth-order valence-electron chi connectivity index (χ4n) is 1.76. The third-order valence-electron chi connectivity index (χ3n) is 2.66. The van der Waals surface area contributed by atoms with E-state index in [-0.39, 0.29) is 18.2 Å². The van der Waals surface area contributed by atoms with Crippen molar-refractivity contribution in [1.82, 2.24) is 15.0 Å². The third kappa shape index (κ3) is 3.52. The number of hydrogen-bond donors (Lipinski definition) is 2. The molecule has 0 radical (unpaired) electrons. The SMILES string of the molecule is CCCc1c(C(N)=O)nnn1CC(C)CCO. The molecule has 0 saturated heterocycles. The zero-order valence-corrected chi connectivity index (χ0v) is 10.4. The van der Waals surface area contributed by atoms with Crippen molar-refractivity contribution in [3.8, 4) is 0 Å². The maximum atomic E-state index is 11.2. The number of carbonyl (C=O) groups excluding carboxylic acids is 1. The van der Waals surface area contributed by atoms with Crippen molar-refractivity contribution >= 4 is 5.91 Å². The standard InChI is InChI=1S/C11H20N4O2/c1-3-4-9-10(11(12)17)13-14-15(9)7-8(2)5-6-16/h8,16H,3-7H2,1-2H3,(H2,12,17). The molecule has 1 amide bonds. The number of nitrogens with zero attached hydrogens (tertiary/aromatic N) is 3. The van der Waals surface area contributed by atoms with Gasteiger partial charge in [-0.15, -0.1) is 5.10 Å². The fraction of sp³-hybridized carbons (Fsp3) is 0.727. The number of carbonyl (C=O) groups is 1. The first-order valence-corrected chi connectivity index (χ1v) is 5.93. The van der Waals surface area contributed by atoms with Crippen LogP contribution in [-0.4, -0.2) is 32.6 Å². The normalized spacial score (nSPS) is 12.6. The molecule has 1 aromatic heterocycles. The van der Waals surface area contributed by atoms with E-state index in [0.29, 0.717) is 13.0 Å². The van der Waals surface area contributed by atoms with E-state index in [2.05, 4.69) is 10.3 Å². The van der Waals surface area contributed by atoms with E-state index in [1.807, 2.05) is 13.8 Å². The second kappa shape index (κ2) is 6.34. The zero-order chi connectivity index (χ0) is 12.8. The fourth-order valence-corrected chi connectivity index (χ4v) is 1.76. The van der Waals surface area contributed by atoms with Gasteiger partial charge in [-0.1, -0.05) is 25.5 Å². The summed E-state index contributed by atoms with van der Waals surface area (Å²) in [5.74, 6) is -0.243. The summed E-state index contributed by atoms with van der Waals surface area (Å²) in [6.07, 6.45) is 2.34. The van der Waals surface area contributed by atoms with Gasteiger partial charge in [0.05, 0.1) is 5.69 Å². The number of hydrogen-bond acceptors (Lipinski definition) is 4. The quantitative estimate of drug-likeness (QED) is 0.719. The molecule has 0 aliphatic heterocycles. The lowest BCUT2D eigenvalue weighted by Gasteiger charge is -2.11. The number of primary amides is 1. The summed E-state index contributed by atoms with van der Waals surface area (Å²) in [4.78, 5) is 11.2. The monoisotopic (exact) mass is 240 g/mol. The molecule has 1 aromatic rings. The Morgan fingerprint density at radius 3 is 2.82 bits per heavy atom. The maximum Gasteiger partial charge on any atom is 0.271 e. The van der Waals surface area contributed by atoms with Gasteiger partial charge < -0.3 is 10.8 Å². The smallest absolute Gasteiger partial charge is 0.271 e. The molecule has 6 nitrogen and oxygen atoms in total. The van der Waals surface area contributed by atoms with Crippen molar-refractivity contribution in [3.05, 3.63) is 11.4 Å². The number of rotatable bonds is 7. The van der Waals surface area contributed by atoms with Crippen LogP contribution in [0.25, 0.3) is 0 Å². The van der Waals surface area contributed by atoms with Crippen LogP contribution in [0.15, 0.2) is 0 Å². The molecule has 0 fully saturated rings. The minimum atomic E-state index is -0.533. The predicted octanol–water partition coefficient (Wildman–Crippen LogP) is 0.348. The van der Waals surface area contributed by atoms with Crippen molar-refractivity contribution in [1.29, 1.82) is 0 Å². The van der Waals surface area contributed by atoms with E-state index in [1.165, 1.54) is 0 Å². The molecule has 1 heterocycles. The predicted molar refractivity (Wildman–Crippen MR) is 63.4 cm³/mol. The van der Waals surface area contributed by atoms with Gasteiger partial charge in [0.2, 0.25) is 0 Å². The molecule has 3 N–H and O–H groups in total. The van der Waals surface area contributed by atoms with Gasteiger partial charge in [0.25, 0.3) is 5.91 Å². The molecule has 0 spiro atoms. The van der Waals surface area contributed by atoms with Crippen LogP contribution in [0.5, 0.6) is 0 Å². The highest BCUT2D eigenvalue weighted by Crippen LogP contribution is 2.12. The lowest BCUT2D eigenvalue weighted by Crippen LogP contribution is -2.17. The molecular weight excluding hydrogens is 220 g/mol. The molecule has 0 aliphatic carbocycles. The zero-order valence-electron chi connectivity index (χ0n) is 10.4. The summed E-state index contributed by atoms with van der Waals surface area (Å²) in [7, 11) is 0. The van der Waals surface area contributed by atoms with Crippen LogP contribution in [0.3, 0.4) is 0 Å². The number of aliphatic hydroxyl groups excluding tert-OH is 1. The Morgan fingerprint density at radius 1 is 1.59 bits per heavy atom. The van der Waals surface area contributed by atoms with E-state index >= 15 is 0 Å². The lowest BCUT2D eigenvalue weighted by atomic mass is 10.1. The number of amides is 1. The number of aliphatic hydroxyl groups is 1. The van der Waals surface area contributed by atoms with Crippen molar-refractivity contribution in [2.75, 3.05) is 6.61 Å². The Bertz CT molecular complexity index is 376. The van der Waals surface area contributed by atoms with Crippen LogP contribution < -0.4 is 5.73 Å². The number of aromatic nitrogens is 3. The second-order valence-electron chi connectivity index (χ2n) is 4.30. The summed E-state index contributed by atoms with van der Waals surface area (Å²) in [5.41, 5.74) is 6.32. The molecule has 17 heavy (non-hydrogen) atoms. The van der Waals surface area contributed by atoms with E-state index in [1.54, 1.807) is 4.68 Å². The highest BCUT2D eigenvalue weighted by Gasteiger charge is 2.17. The maximum absolute atomic E-state index is 11.2. The second-order valence-corrected chi connectivity index (χ2v) is 4.30. The summed E-state index contributed by atoms with van der Waals surface area (Å²) >= 11 is 0. The average Bonchev–Trinajstić information content (AvgIpc) is 2.63. The highest BCUT2D eigenvalue weighted by molar-refractivity contribution is 5.91. The topological polar surface area (TPSA) is 94.0 Å². The molecule has 6 heteroatoms. The van der Waals surface area contributed by atoms with Gasteiger partial charge in [-0.3, -0.25) is 4.79 Å². The van der Waals surface area contributed by atoms with Gasteiger partial charge in [-0.25, -0.2) is 4.68 Å². The van der Waals surface area contributed by atoms with E-state index < -0.39 is 5.91 Å². The summed E-state index contributed by atoms with van der Waals surface area (Å²) < 4.78 is 1.73. The molecule has 0 aliphatic rings. The van der Waals surface area contributed by atoms with Crippen LogP contribution in [0, 0.1) is 5.92 Å². The molecule has 1 rings (SSSR count). The molecule has 1 unspecified atom stereocenters. The molecular formula is C11H20N4O2.